The molecule has 0 fully saturated rings. The van der Waals surface area contributed by atoms with Gasteiger partial charge in [-0.3, -0.25) is 14.9 Å². The number of sulfonamides is 1. The number of carboxylic acids is 1. The first-order valence-electron chi connectivity index (χ1n) is 7.70. The Kier molecular flexibility index (Phi) is 6.06. The summed E-state index contributed by atoms with van der Waals surface area (Å²) in [6, 6.07) is 12.7. The molecule has 2 rings (SSSR count). The van der Waals surface area contributed by atoms with Crippen LogP contribution in [0.4, 0.5) is 5.69 Å². The van der Waals surface area contributed by atoms with Crippen LogP contribution in [0, 0.1) is 10.1 Å². The van der Waals surface area contributed by atoms with Crippen LogP contribution in [0.15, 0.2) is 59.5 Å². The number of nitrogens with zero attached hydrogens (tertiary/aromatic N) is 2. The van der Waals surface area contributed by atoms with Crippen LogP contribution in [0.3, 0.4) is 0 Å². The Bertz CT molecular complexity index is 881. The Morgan fingerprint density at radius 2 is 1.73 bits per heavy atom. The molecule has 2 aromatic carbocycles. The molecule has 0 saturated heterocycles. The van der Waals surface area contributed by atoms with Crippen molar-refractivity contribution in [3.63, 3.8) is 0 Å². The molecule has 0 aliphatic rings. The Morgan fingerprint density at radius 1 is 1.15 bits per heavy atom. The van der Waals surface area contributed by atoms with E-state index in [-0.39, 0.29) is 23.4 Å². The molecule has 26 heavy (non-hydrogen) atoms. The third-order valence-corrected chi connectivity index (χ3v) is 5.89. The molecule has 0 aromatic heterocycles. The Balaban J connectivity index is 2.31. The van der Waals surface area contributed by atoms with Gasteiger partial charge in [-0.05, 0) is 24.1 Å². The fraction of sp³-hybridized carbons (Fsp3) is 0.235. The van der Waals surface area contributed by atoms with Gasteiger partial charge in [0.1, 0.15) is 0 Å². The van der Waals surface area contributed by atoms with E-state index < -0.39 is 27.0 Å². The van der Waals surface area contributed by atoms with E-state index in [1.165, 1.54) is 7.05 Å². The van der Waals surface area contributed by atoms with E-state index in [1.807, 2.05) is 6.07 Å². The van der Waals surface area contributed by atoms with Gasteiger partial charge in [-0.15, -0.1) is 0 Å². The van der Waals surface area contributed by atoms with Crippen molar-refractivity contribution < 1.29 is 23.2 Å². The van der Waals surface area contributed by atoms with Gasteiger partial charge in [0.15, 0.2) is 0 Å². The minimum Gasteiger partial charge on any atom is -0.481 e. The number of carbonyl (C=O) groups is 1. The molecule has 0 radical (unpaired) electrons. The standard InChI is InChI=1S/C17H18N2O6S/c1-18(15(12-17(20)21)11-13-5-3-2-4-6-13)26(24,25)16-9-7-14(8-10-16)19(22)23/h2-10,15H,11-12H2,1H3,(H,20,21)/t15-/m0/s1. The van der Waals surface area contributed by atoms with Crippen molar-refractivity contribution in [2.24, 2.45) is 0 Å². The molecule has 0 bridgehead atoms. The van der Waals surface area contributed by atoms with Crippen LogP contribution in [0.2, 0.25) is 0 Å². The lowest BCUT2D eigenvalue weighted by atomic mass is 10.0. The summed E-state index contributed by atoms with van der Waals surface area (Å²) in [6.07, 6.45) is -0.131. The maximum atomic E-state index is 12.8. The van der Waals surface area contributed by atoms with Crippen molar-refractivity contribution in [1.82, 2.24) is 4.31 Å². The number of aliphatic carboxylic acids is 1. The van der Waals surface area contributed by atoms with Gasteiger partial charge in [-0.2, -0.15) is 4.31 Å². The van der Waals surface area contributed by atoms with Gasteiger partial charge in [-0.1, -0.05) is 30.3 Å². The third-order valence-electron chi connectivity index (χ3n) is 3.96. The lowest BCUT2D eigenvalue weighted by molar-refractivity contribution is -0.384. The van der Waals surface area contributed by atoms with Gasteiger partial charge in [0.05, 0.1) is 16.2 Å². The third kappa shape index (κ3) is 4.64. The summed E-state index contributed by atoms with van der Waals surface area (Å²) in [5, 5.41) is 19.9. The van der Waals surface area contributed by atoms with Crippen LogP contribution in [0.1, 0.15) is 12.0 Å². The molecule has 9 heteroatoms. The van der Waals surface area contributed by atoms with Crippen LogP contribution in [0.5, 0.6) is 0 Å². The summed E-state index contributed by atoms with van der Waals surface area (Å²) in [4.78, 5) is 21.1. The summed E-state index contributed by atoms with van der Waals surface area (Å²) in [5.41, 5.74) is 0.586. The summed E-state index contributed by atoms with van der Waals surface area (Å²) >= 11 is 0. The van der Waals surface area contributed by atoms with Crippen molar-refractivity contribution in [2.75, 3.05) is 7.05 Å². The molecule has 0 saturated carbocycles. The smallest absolute Gasteiger partial charge is 0.304 e. The van der Waals surface area contributed by atoms with E-state index >= 15 is 0 Å². The van der Waals surface area contributed by atoms with Crippen LogP contribution in [-0.4, -0.2) is 41.8 Å². The van der Waals surface area contributed by atoms with E-state index in [9.17, 15) is 23.3 Å². The molecule has 0 unspecified atom stereocenters. The van der Waals surface area contributed by atoms with E-state index in [2.05, 4.69) is 0 Å². The molecule has 0 heterocycles. The van der Waals surface area contributed by atoms with Crippen molar-refractivity contribution in [2.45, 2.75) is 23.8 Å². The molecule has 1 atom stereocenters. The fourth-order valence-electron chi connectivity index (χ4n) is 2.52. The predicted molar refractivity (Wildman–Crippen MR) is 94.2 cm³/mol. The molecular formula is C17H18N2O6S. The number of likely N-dealkylation sites (N-methyl/N-ethyl adjacent to an activating group) is 1. The Morgan fingerprint density at radius 3 is 2.23 bits per heavy atom. The second kappa shape index (κ2) is 8.07. The molecule has 0 amide bonds. The molecule has 2 aromatic rings. The molecule has 8 nitrogen and oxygen atoms in total. The highest BCUT2D eigenvalue weighted by molar-refractivity contribution is 7.89. The summed E-state index contributed by atoms with van der Waals surface area (Å²) in [5.74, 6) is -1.11. The topological polar surface area (TPSA) is 118 Å². The summed E-state index contributed by atoms with van der Waals surface area (Å²) in [7, 11) is -2.69. The van der Waals surface area contributed by atoms with E-state index in [4.69, 9.17) is 5.11 Å². The number of carboxylic acid groups (broad SMARTS) is 1. The summed E-state index contributed by atoms with van der Waals surface area (Å²) < 4.78 is 26.6. The minimum absolute atomic E-state index is 0.131. The number of non-ortho nitro benzene ring substituents is 1. The predicted octanol–water partition coefficient (Wildman–Crippen LogP) is 2.30. The van der Waals surface area contributed by atoms with Gasteiger partial charge in [0.25, 0.3) is 5.69 Å². The van der Waals surface area contributed by atoms with Gasteiger partial charge in [0, 0.05) is 25.2 Å². The average Bonchev–Trinajstić information content (AvgIpc) is 2.61. The molecule has 0 aliphatic heterocycles. The Labute approximate surface area is 150 Å². The first-order chi connectivity index (χ1) is 12.2. The monoisotopic (exact) mass is 378 g/mol. The maximum Gasteiger partial charge on any atom is 0.304 e. The number of nitro groups is 1. The zero-order valence-corrected chi connectivity index (χ0v) is 14.8. The van der Waals surface area contributed by atoms with Crippen LogP contribution in [0.25, 0.3) is 0 Å². The Hall–Kier alpha value is -2.78. The van der Waals surface area contributed by atoms with Crippen molar-refractivity contribution in [3.8, 4) is 0 Å². The first kappa shape index (κ1) is 19.5. The van der Waals surface area contributed by atoms with Crippen LogP contribution in [-0.2, 0) is 21.2 Å². The zero-order chi connectivity index (χ0) is 19.3. The van der Waals surface area contributed by atoms with E-state index in [0.717, 1.165) is 34.1 Å². The number of nitro benzene ring substituents is 1. The molecule has 138 valence electrons. The number of rotatable bonds is 8. The van der Waals surface area contributed by atoms with Gasteiger partial charge in [-0.25, -0.2) is 8.42 Å². The van der Waals surface area contributed by atoms with E-state index in [0.29, 0.717) is 0 Å². The van der Waals surface area contributed by atoms with Crippen LogP contribution >= 0.6 is 0 Å². The second-order valence-electron chi connectivity index (χ2n) is 5.71. The zero-order valence-electron chi connectivity index (χ0n) is 14.0. The SMILES string of the molecule is CN([C@H](CC(=O)O)Cc1ccccc1)S(=O)(=O)c1ccc([N+](=O)[O-])cc1. The number of hydrogen-bond acceptors (Lipinski definition) is 5. The minimum atomic E-state index is -4.00. The lowest BCUT2D eigenvalue weighted by Gasteiger charge is -2.26. The highest BCUT2D eigenvalue weighted by Crippen LogP contribution is 2.22. The molecule has 0 aliphatic carbocycles. The quantitative estimate of drug-likeness (QED) is 0.556. The van der Waals surface area contributed by atoms with Gasteiger partial charge in [0.2, 0.25) is 10.0 Å². The maximum absolute atomic E-state index is 12.8. The summed E-state index contributed by atoms with van der Waals surface area (Å²) in [6.45, 7) is 0. The molecule has 0 spiro atoms. The van der Waals surface area contributed by atoms with Gasteiger partial charge < -0.3 is 5.11 Å². The van der Waals surface area contributed by atoms with E-state index in [1.54, 1.807) is 24.3 Å². The van der Waals surface area contributed by atoms with Crippen molar-refractivity contribution in [1.29, 1.82) is 0 Å². The number of hydrogen-bond donors (Lipinski definition) is 1. The highest BCUT2D eigenvalue weighted by atomic mass is 32.2. The average molecular weight is 378 g/mol. The van der Waals surface area contributed by atoms with Gasteiger partial charge >= 0.3 is 5.97 Å². The van der Waals surface area contributed by atoms with Crippen LogP contribution < -0.4 is 0 Å². The first-order valence-corrected chi connectivity index (χ1v) is 9.14. The largest absolute Gasteiger partial charge is 0.481 e. The normalized spacial score (nSPS) is 12.7. The second-order valence-corrected chi connectivity index (χ2v) is 7.71. The van der Waals surface area contributed by atoms with Crippen molar-refractivity contribution in [3.05, 3.63) is 70.3 Å². The molecule has 1 N–H and O–H groups in total. The van der Waals surface area contributed by atoms with Crippen molar-refractivity contribution >= 4 is 21.7 Å². The molecular weight excluding hydrogens is 360 g/mol. The highest BCUT2D eigenvalue weighted by Gasteiger charge is 2.30. The fourth-order valence-corrected chi connectivity index (χ4v) is 3.87. The number of benzene rings is 2. The lowest BCUT2D eigenvalue weighted by Crippen LogP contribution is -2.39.